The minimum Gasteiger partial charge on any atom is -0.369 e. The second-order valence-corrected chi connectivity index (χ2v) is 7.00. The van der Waals surface area contributed by atoms with Crippen LogP contribution in [0.2, 0.25) is 10.0 Å². The van der Waals surface area contributed by atoms with Crippen molar-refractivity contribution >= 4 is 44.8 Å². The van der Waals surface area contributed by atoms with E-state index >= 15 is 0 Å². The van der Waals surface area contributed by atoms with Gasteiger partial charge < -0.3 is 10.2 Å². The topological polar surface area (TPSA) is 15.3 Å². The first-order chi connectivity index (χ1) is 9.16. The third kappa shape index (κ3) is 3.05. The molecule has 0 radical (unpaired) electrons. The number of rotatable bonds is 2. The number of benzene rings is 1. The minimum absolute atomic E-state index is 0.598. The molecule has 1 saturated carbocycles. The van der Waals surface area contributed by atoms with Crippen LogP contribution in [0, 0.1) is 5.92 Å². The second-order valence-electron chi connectivity index (χ2n) is 5.39. The van der Waals surface area contributed by atoms with Crippen LogP contribution in [-0.2, 0) is 0 Å². The fraction of sp³-hybridized carbons (Fsp3) is 0.571. The second kappa shape index (κ2) is 5.80. The molecule has 104 valence electrons. The predicted molar refractivity (Wildman–Crippen MR) is 85.5 cm³/mol. The molecular weight excluding hydrogens is 347 g/mol. The van der Waals surface area contributed by atoms with Crippen LogP contribution in [-0.4, -0.2) is 25.7 Å². The molecule has 1 aliphatic carbocycles. The van der Waals surface area contributed by atoms with E-state index in [4.69, 9.17) is 23.2 Å². The smallest absolute Gasteiger partial charge is 0.0837 e. The summed E-state index contributed by atoms with van der Waals surface area (Å²) in [5.74, 6) is 0.852. The monoisotopic (exact) mass is 362 g/mol. The van der Waals surface area contributed by atoms with Gasteiger partial charge in [-0.25, -0.2) is 0 Å². The molecule has 0 amide bonds. The molecule has 2 fully saturated rings. The molecule has 1 aromatic rings. The molecule has 2 nitrogen and oxygen atoms in total. The maximum Gasteiger partial charge on any atom is 0.0837 e. The van der Waals surface area contributed by atoms with Gasteiger partial charge in [-0.05, 0) is 59.8 Å². The van der Waals surface area contributed by atoms with E-state index in [-0.39, 0.29) is 0 Å². The van der Waals surface area contributed by atoms with E-state index in [1.165, 1.54) is 12.8 Å². The molecule has 1 heterocycles. The van der Waals surface area contributed by atoms with Gasteiger partial charge in [0.05, 0.1) is 15.7 Å². The van der Waals surface area contributed by atoms with Gasteiger partial charge in [0.15, 0.2) is 0 Å². The first-order valence-corrected chi connectivity index (χ1v) is 8.33. The van der Waals surface area contributed by atoms with E-state index in [1.807, 2.05) is 6.07 Å². The van der Waals surface area contributed by atoms with Crippen molar-refractivity contribution in [2.45, 2.75) is 25.3 Å². The molecule has 1 aliphatic heterocycles. The summed E-state index contributed by atoms with van der Waals surface area (Å²) in [4.78, 5) is 2.38. The largest absolute Gasteiger partial charge is 0.369 e. The third-order valence-electron chi connectivity index (χ3n) is 3.97. The Morgan fingerprint density at radius 3 is 2.74 bits per heavy atom. The molecule has 5 heteroatoms. The summed E-state index contributed by atoms with van der Waals surface area (Å²) < 4.78 is 0.856. The number of nitrogens with one attached hydrogen (secondary N) is 1. The fourth-order valence-electron chi connectivity index (χ4n) is 2.74. The van der Waals surface area contributed by atoms with Gasteiger partial charge in [0.2, 0.25) is 0 Å². The Bertz CT molecular complexity index is 477. The molecular formula is C14H17BrCl2N2. The van der Waals surface area contributed by atoms with Gasteiger partial charge in [0, 0.05) is 23.6 Å². The fourth-order valence-corrected chi connectivity index (χ4v) is 3.63. The van der Waals surface area contributed by atoms with Crippen molar-refractivity contribution in [3.63, 3.8) is 0 Å². The van der Waals surface area contributed by atoms with Crippen LogP contribution in [0.25, 0.3) is 0 Å². The summed E-state index contributed by atoms with van der Waals surface area (Å²) >= 11 is 16.1. The van der Waals surface area contributed by atoms with E-state index < -0.39 is 0 Å². The maximum atomic E-state index is 6.40. The molecule has 2 aliphatic rings. The van der Waals surface area contributed by atoms with Crippen LogP contribution in [0.15, 0.2) is 16.6 Å². The Morgan fingerprint density at radius 2 is 2.00 bits per heavy atom. The molecule has 19 heavy (non-hydrogen) atoms. The number of nitrogens with zero attached hydrogens (tertiary/aromatic N) is 1. The molecule has 1 atom stereocenters. The lowest BCUT2D eigenvalue weighted by Crippen LogP contribution is -2.39. The van der Waals surface area contributed by atoms with Crippen molar-refractivity contribution < 1.29 is 0 Å². The molecule has 1 saturated heterocycles. The lowest BCUT2D eigenvalue weighted by atomic mass is 10.1. The van der Waals surface area contributed by atoms with Crippen LogP contribution in [0.4, 0.5) is 5.69 Å². The Morgan fingerprint density at radius 1 is 1.21 bits per heavy atom. The van der Waals surface area contributed by atoms with Crippen molar-refractivity contribution in [3.8, 4) is 0 Å². The quantitative estimate of drug-likeness (QED) is 0.786. The average Bonchev–Trinajstić information content (AvgIpc) is 3.21. The van der Waals surface area contributed by atoms with Crippen LogP contribution in [0.1, 0.15) is 19.3 Å². The van der Waals surface area contributed by atoms with Crippen LogP contribution in [0.3, 0.4) is 0 Å². The Hall–Kier alpha value is 0.0400. The minimum atomic E-state index is 0.598. The summed E-state index contributed by atoms with van der Waals surface area (Å²) in [6.07, 6.45) is 3.87. The van der Waals surface area contributed by atoms with Crippen molar-refractivity contribution in [2.24, 2.45) is 5.92 Å². The van der Waals surface area contributed by atoms with Crippen molar-refractivity contribution in [3.05, 3.63) is 26.7 Å². The summed E-state index contributed by atoms with van der Waals surface area (Å²) in [5.41, 5.74) is 1.06. The van der Waals surface area contributed by atoms with Gasteiger partial charge >= 0.3 is 0 Å². The van der Waals surface area contributed by atoms with E-state index in [0.717, 1.165) is 42.1 Å². The highest BCUT2D eigenvalue weighted by Gasteiger charge is 2.33. The molecule has 1 unspecified atom stereocenters. The van der Waals surface area contributed by atoms with E-state index in [2.05, 4.69) is 32.2 Å². The molecule has 0 aromatic heterocycles. The Kier molecular flexibility index (Phi) is 4.28. The number of halogens is 3. The molecule has 1 N–H and O–H groups in total. The summed E-state index contributed by atoms with van der Waals surface area (Å²) in [5, 5.41) is 4.93. The SMILES string of the molecule is Clc1c(Br)ccc(N2CCCNC(C3CC3)C2)c1Cl. The van der Waals surface area contributed by atoms with Gasteiger partial charge in [0.1, 0.15) is 0 Å². The zero-order valence-electron chi connectivity index (χ0n) is 10.6. The summed E-state index contributed by atoms with van der Waals surface area (Å²) in [7, 11) is 0. The van der Waals surface area contributed by atoms with Gasteiger partial charge in [0.25, 0.3) is 0 Å². The predicted octanol–water partition coefficient (Wildman–Crippen LogP) is 4.33. The normalized spacial score (nSPS) is 24.4. The van der Waals surface area contributed by atoms with Crippen LogP contribution < -0.4 is 10.2 Å². The first-order valence-electron chi connectivity index (χ1n) is 6.78. The number of hydrogen-bond donors (Lipinski definition) is 1. The highest BCUT2D eigenvalue weighted by atomic mass is 79.9. The van der Waals surface area contributed by atoms with E-state index in [9.17, 15) is 0 Å². The average molecular weight is 364 g/mol. The maximum absolute atomic E-state index is 6.40. The highest BCUT2D eigenvalue weighted by molar-refractivity contribution is 9.10. The van der Waals surface area contributed by atoms with Crippen molar-refractivity contribution in [1.82, 2.24) is 5.32 Å². The number of anilines is 1. The van der Waals surface area contributed by atoms with Gasteiger partial charge in [-0.15, -0.1) is 0 Å². The molecule has 0 spiro atoms. The lowest BCUT2D eigenvalue weighted by molar-refractivity contribution is 0.490. The van der Waals surface area contributed by atoms with E-state index in [1.54, 1.807) is 0 Å². The zero-order chi connectivity index (χ0) is 13.4. The molecule has 3 rings (SSSR count). The van der Waals surface area contributed by atoms with Gasteiger partial charge in [-0.2, -0.15) is 0 Å². The number of hydrogen-bond acceptors (Lipinski definition) is 2. The Labute approximate surface area is 132 Å². The standard InChI is InChI=1S/C14H17BrCl2N2/c15-10-4-5-12(14(17)13(10)16)19-7-1-6-18-11(8-19)9-2-3-9/h4-5,9,11,18H,1-3,6-8H2. The van der Waals surface area contributed by atoms with Crippen molar-refractivity contribution in [2.75, 3.05) is 24.5 Å². The summed E-state index contributed by atoms with van der Waals surface area (Å²) in [6, 6.07) is 4.64. The summed E-state index contributed by atoms with van der Waals surface area (Å²) in [6.45, 7) is 3.16. The molecule has 0 bridgehead atoms. The van der Waals surface area contributed by atoms with Crippen molar-refractivity contribution in [1.29, 1.82) is 0 Å². The molecule has 1 aromatic carbocycles. The Balaban J connectivity index is 1.85. The highest BCUT2D eigenvalue weighted by Crippen LogP contribution is 2.39. The van der Waals surface area contributed by atoms with Gasteiger partial charge in [-0.1, -0.05) is 23.2 Å². The third-order valence-corrected chi connectivity index (χ3v) is 5.74. The van der Waals surface area contributed by atoms with Crippen LogP contribution in [0.5, 0.6) is 0 Å². The van der Waals surface area contributed by atoms with E-state index in [0.29, 0.717) is 16.1 Å². The van der Waals surface area contributed by atoms with Gasteiger partial charge in [-0.3, -0.25) is 0 Å². The lowest BCUT2D eigenvalue weighted by Gasteiger charge is -2.27. The first kappa shape index (κ1) is 14.0. The van der Waals surface area contributed by atoms with Crippen LogP contribution >= 0.6 is 39.1 Å². The zero-order valence-corrected chi connectivity index (χ0v) is 13.7.